The van der Waals surface area contributed by atoms with Gasteiger partial charge in [0.2, 0.25) is 5.91 Å². The molecule has 0 bridgehead atoms. The van der Waals surface area contributed by atoms with Crippen LogP contribution in [0.15, 0.2) is 67.8 Å². The number of imidazole rings is 1. The lowest BCUT2D eigenvalue weighted by atomic mass is 9.98. The molecule has 1 fully saturated rings. The monoisotopic (exact) mass is 566 g/mol. The quantitative estimate of drug-likeness (QED) is 0.269. The fourth-order valence-electron chi connectivity index (χ4n) is 5.37. The van der Waals surface area contributed by atoms with Gasteiger partial charge in [0, 0.05) is 38.3 Å². The number of nitrogens with zero attached hydrogens (tertiary/aromatic N) is 7. The Labute approximate surface area is 242 Å². The first-order chi connectivity index (χ1) is 20.1. The molecule has 42 heavy (non-hydrogen) atoms. The molecule has 0 radical (unpaired) electrons. The molecule has 0 aliphatic carbocycles. The Morgan fingerprint density at radius 3 is 2.71 bits per heavy atom. The number of pyridine rings is 1. The van der Waals surface area contributed by atoms with Crippen molar-refractivity contribution in [2.24, 2.45) is 7.05 Å². The number of piperazine rings is 1. The normalized spacial score (nSPS) is 14.8. The van der Waals surface area contributed by atoms with Crippen molar-refractivity contribution < 1.29 is 13.9 Å². The van der Waals surface area contributed by atoms with Gasteiger partial charge in [0.1, 0.15) is 29.2 Å². The molecule has 0 unspecified atom stereocenters. The highest BCUT2D eigenvalue weighted by Gasteiger charge is 2.36. The topological polar surface area (TPSA) is 101 Å². The number of fused-ring (bicyclic) bond motifs is 2. The summed E-state index contributed by atoms with van der Waals surface area (Å²) < 4.78 is 23.6. The van der Waals surface area contributed by atoms with Crippen molar-refractivity contribution in [2.45, 2.75) is 26.3 Å². The van der Waals surface area contributed by atoms with Crippen LogP contribution >= 0.6 is 0 Å². The highest BCUT2D eigenvalue weighted by Crippen LogP contribution is 2.34. The van der Waals surface area contributed by atoms with E-state index in [-0.39, 0.29) is 11.6 Å². The van der Waals surface area contributed by atoms with E-state index in [0.29, 0.717) is 53.5 Å². The molecule has 3 aromatic heterocycles. The van der Waals surface area contributed by atoms with Gasteiger partial charge >= 0.3 is 0 Å². The van der Waals surface area contributed by atoms with Gasteiger partial charge in [0.15, 0.2) is 11.6 Å². The molecule has 1 N–H and O–H groups in total. The minimum Gasteiger partial charge on any atom is -0.457 e. The number of carbonyl (C=O) groups excluding carboxylic acids is 1. The molecule has 4 heterocycles. The number of hydrogen-bond acceptors (Lipinski definition) is 8. The van der Waals surface area contributed by atoms with Crippen LogP contribution in [0.2, 0.25) is 0 Å². The molecule has 1 saturated heterocycles. The lowest BCUT2D eigenvalue weighted by Crippen LogP contribution is -2.61. The number of amides is 1. The Balaban J connectivity index is 1.26. The minimum atomic E-state index is -0.459. The smallest absolute Gasteiger partial charge is 0.246 e. The predicted octanol–water partition coefficient (Wildman–Crippen LogP) is 5.51. The second kappa shape index (κ2) is 10.4. The average Bonchev–Trinajstić information content (AvgIpc) is 3.35. The summed E-state index contributed by atoms with van der Waals surface area (Å²) in [5.41, 5.74) is 3.09. The van der Waals surface area contributed by atoms with Crippen LogP contribution in [-0.4, -0.2) is 60.5 Å². The Hall–Kier alpha value is -5.06. The number of anilines is 3. The summed E-state index contributed by atoms with van der Waals surface area (Å²) in [6.07, 6.45) is 4.51. The van der Waals surface area contributed by atoms with E-state index in [9.17, 15) is 4.79 Å². The van der Waals surface area contributed by atoms with E-state index in [1.165, 1.54) is 12.4 Å². The van der Waals surface area contributed by atoms with E-state index < -0.39 is 11.4 Å². The first-order valence-electron chi connectivity index (χ1n) is 13.6. The minimum absolute atomic E-state index is 0.0889. The number of hydrogen-bond donors (Lipinski definition) is 1. The van der Waals surface area contributed by atoms with E-state index in [4.69, 9.17) is 9.72 Å². The van der Waals surface area contributed by atoms with Crippen LogP contribution in [0.1, 0.15) is 19.4 Å². The first kappa shape index (κ1) is 27.1. The van der Waals surface area contributed by atoms with Gasteiger partial charge in [-0.1, -0.05) is 6.58 Å². The molecule has 10 nitrogen and oxygen atoms in total. The molecule has 1 aliphatic heterocycles. The Bertz CT molecular complexity index is 1850. The number of carbonyl (C=O) groups is 1. The first-order valence-corrected chi connectivity index (χ1v) is 13.6. The zero-order valence-corrected chi connectivity index (χ0v) is 23.9. The fraction of sp³-hybridized carbons (Fsp3) is 0.258. The van der Waals surface area contributed by atoms with Crippen LogP contribution in [0, 0.1) is 12.7 Å². The SMILES string of the molecule is C=CC(=O)N1CCN(c2ccc3ncnc(Nc4ccc(Oc5ccc6c(c5)ncn6C)c(C)c4F)c3n2)CC1(C)C. The van der Waals surface area contributed by atoms with E-state index in [1.807, 2.05) is 60.7 Å². The number of rotatable bonds is 6. The van der Waals surface area contributed by atoms with Crippen molar-refractivity contribution in [3.05, 3.63) is 79.2 Å². The third-order valence-electron chi connectivity index (χ3n) is 7.65. The van der Waals surface area contributed by atoms with Crippen molar-refractivity contribution >= 4 is 45.3 Å². The molecule has 1 aliphatic rings. The number of benzene rings is 2. The maximum Gasteiger partial charge on any atom is 0.246 e. The van der Waals surface area contributed by atoms with Crippen LogP contribution in [0.25, 0.3) is 22.1 Å². The molecule has 11 heteroatoms. The average molecular weight is 567 g/mol. The van der Waals surface area contributed by atoms with E-state index in [1.54, 1.807) is 25.4 Å². The van der Waals surface area contributed by atoms with Crippen molar-refractivity contribution in [2.75, 3.05) is 29.9 Å². The van der Waals surface area contributed by atoms with Crippen LogP contribution in [0.3, 0.4) is 0 Å². The van der Waals surface area contributed by atoms with Gasteiger partial charge in [-0.3, -0.25) is 4.79 Å². The Morgan fingerprint density at radius 2 is 1.93 bits per heavy atom. The van der Waals surface area contributed by atoms with Gasteiger partial charge in [-0.2, -0.15) is 0 Å². The molecule has 2 aromatic carbocycles. The molecule has 214 valence electrons. The number of ether oxygens (including phenoxy) is 1. The van der Waals surface area contributed by atoms with E-state index in [2.05, 4.69) is 31.7 Å². The van der Waals surface area contributed by atoms with Crippen LogP contribution in [0.4, 0.5) is 21.7 Å². The van der Waals surface area contributed by atoms with Crippen LogP contribution < -0.4 is 15.0 Å². The van der Waals surface area contributed by atoms with Gasteiger partial charge in [-0.25, -0.2) is 24.3 Å². The summed E-state index contributed by atoms with van der Waals surface area (Å²) >= 11 is 0. The number of halogens is 1. The van der Waals surface area contributed by atoms with Crippen molar-refractivity contribution in [3.8, 4) is 11.5 Å². The van der Waals surface area contributed by atoms with Crippen LogP contribution in [-0.2, 0) is 11.8 Å². The summed E-state index contributed by atoms with van der Waals surface area (Å²) in [6, 6.07) is 12.7. The molecule has 0 spiro atoms. The zero-order valence-electron chi connectivity index (χ0n) is 23.9. The fourth-order valence-corrected chi connectivity index (χ4v) is 5.37. The van der Waals surface area contributed by atoms with Gasteiger partial charge in [-0.15, -0.1) is 0 Å². The molecule has 0 atom stereocenters. The molecule has 0 saturated carbocycles. The molecule has 5 aromatic rings. The highest BCUT2D eigenvalue weighted by atomic mass is 19.1. The summed E-state index contributed by atoms with van der Waals surface area (Å²) in [5.74, 6) is 1.53. The van der Waals surface area contributed by atoms with Gasteiger partial charge < -0.3 is 24.4 Å². The zero-order chi connectivity index (χ0) is 29.6. The summed E-state index contributed by atoms with van der Waals surface area (Å²) in [4.78, 5) is 34.2. The second-order valence-corrected chi connectivity index (χ2v) is 11.0. The number of nitrogens with one attached hydrogen (secondary N) is 1. The molecule has 1 amide bonds. The lowest BCUT2D eigenvalue weighted by molar-refractivity contribution is -0.131. The Kier molecular flexibility index (Phi) is 6.72. The van der Waals surface area contributed by atoms with Crippen molar-refractivity contribution in [1.82, 2.24) is 29.4 Å². The largest absolute Gasteiger partial charge is 0.457 e. The third-order valence-corrected chi connectivity index (χ3v) is 7.65. The van der Waals surface area contributed by atoms with Gasteiger partial charge in [0.25, 0.3) is 0 Å². The summed E-state index contributed by atoms with van der Waals surface area (Å²) in [7, 11) is 1.92. The van der Waals surface area contributed by atoms with Crippen molar-refractivity contribution in [3.63, 3.8) is 0 Å². The molecule has 6 rings (SSSR count). The third kappa shape index (κ3) is 4.87. The summed E-state index contributed by atoms with van der Waals surface area (Å²) in [5, 5.41) is 3.11. The molecular formula is C31H31FN8O2. The van der Waals surface area contributed by atoms with E-state index >= 15 is 4.39 Å². The maximum atomic E-state index is 15.6. The highest BCUT2D eigenvalue weighted by molar-refractivity contribution is 5.89. The second-order valence-electron chi connectivity index (χ2n) is 11.0. The predicted molar refractivity (Wildman–Crippen MR) is 161 cm³/mol. The number of aromatic nitrogens is 5. The van der Waals surface area contributed by atoms with Gasteiger partial charge in [0.05, 0.1) is 34.1 Å². The lowest BCUT2D eigenvalue weighted by Gasteiger charge is -2.47. The van der Waals surface area contributed by atoms with E-state index in [0.717, 1.165) is 16.9 Å². The van der Waals surface area contributed by atoms with Crippen molar-refractivity contribution in [1.29, 1.82) is 0 Å². The number of aryl methyl sites for hydroxylation is 1. The van der Waals surface area contributed by atoms with Gasteiger partial charge in [-0.05, 0) is 63.2 Å². The Morgan fingerprint density at radius 1 is 1.10 bits per heavy atom. The summed E-state index contributed by atoms with van der Waals surface area (Å²) in [6.45, 7) is 11.1. The standard InChI is InChI=1S/C31H31FN8O2/c1-6-27(41)40-14-13-39(16-31(40,3)4)26-12-9-22-29(37-26)30(34-17-33-22)36-21-8-11-25(19(2)28(21)32)42-20-7-10-24-23(15-20)35-18-38(24)5/h6-12,15,17-18H,1,13-14,16H2,2-5H3,(H,33,34,36). The maximum absolute atomic E-state index is 15.6. The molecular weight excluding hydrogens is 535 g/mol. The van der Waals surface area contributed by atoms with Crippen LogP contribution in [0.5, 0.6) is 11.5 Å².